The maximum atomic E-state index is 11.3. The summed E-state index contributed by atoms with van der Waals surface area (Å²) < 4.78 is 0. The zero-order valence-corrected chi connectivity index (χ0v) is 8.65. The molecule has 0 rings (SSSR count). The molecule has 2 unspecified atom stereocenters. The van der Waals surface area contributed by atoms with E-state index in [-0.39, 0.29) is 12.5 Å². The van der Waals surface area contributed by atoms with E-state index in [0.717, 1.165) is 0 Å². The summed E-state index contributed by atoms with van der Waals surface area (Å²) in [7, 11) is 0. The molecule has 0 aliphatic carbocycles. The maximum Gasteiger partial charge on any atom is 0.307 e. The number of carboxylic acid groups (broad SMARTS) is 1. The Hall–Kier alpha value is -1.10. The topological polar surface area (TPSA) is 86.6 Å². The summed E-state index contributed by atoms with van der Waals surface area (Å²) in [6, 6.07) is 0. The summed E-state index contributed by atoms with van der Waals surface area (Å²) in [5.41, 5.74) is 0. The molecule has 0 bridgehead atoms. The van der Waals surface area contributed by atoms with Crippen molar-refractivity contribution in [3.8, 4) is 0 Å². The van der Waals surface area contributed by atoms with Crippen molar-refractivity contribution in [2.75, 3.05) is 6.54 Å². The number of aliphatic carboxylic acids is 1. The second-order valence-corrected chi connectivity index (χ2v) is 3.51. The lowest BCUT2D eigenvalue weighted by atomic mass is 9.95. The molecule has 3 atom stereocenters. The fraction of sp³-hybridized carbons (Fsp3) is 0.778. The number of hydrogen-bond acceptors (Lipinski definition) is 3. The molecular formula is C9H17NO4. The van der Waals surface area contributed by atoms with Crippen LogP contribution in [0.1, 0.15) is 20.8 Å². The van der Waals surface area contributed by atoms with Crippen molar-refractivity contribution in [3.63, 3.8) is 0 Å². The third-order valence-electron chi connectivity index (χ3n) is 2.12. The fourth-order valence-corrected chi connectivity index (χ4v) is 0.850. The summed E-state index contributed by atoms with van der Waals surface area (Å²) in [5, 5.41) is 20.0. The summed E-state index contributed by atoms with van der Waals surface area (Å²) in [4.78, 5) is 21.9. The normalized spacial score (nSPS) is 16.9. The molecule has 0 heterocycles. The van der Waals surface area contributed by atoms with Gasteiger partial charge in [-0.15, -0.1) is 0 Å². The van der Waals surface area contributed by atoms with Crippen LogP contribution in [-0.2, 0) is 9.59 Å². The van der Waals surface area contributed by atoms with Gasteiger partial charge in [0.1, 0.15) is 0 Å². The lowest BCUT2D eigenvalue weighted by molar-refractivity contribution is -0.146. The smallest absolute Gasteiger partial charge is 0.307 e. The van der Waals surface area contributed by atoms with Crippen LogP contribution in [-0.4, -0.2) is 34.7 Å². The van der Waals surface area contributed by atoms with E-state index >= 15 is 0 Å². The van der Waals surface area contributed by atoms with Gasteiger partial charge in [-0.3, -0.25) is 9.59 Å². The largest absolute Gasteiger partial charge is 0.481 e. The summed E-state index contributed by atoms with van der Waals surface area (Å²) in [6.07, 6.45) is -0.619. The number of aliphatic hydroxyl groups excluding tert-OH is 1. The maximum absolute atomic E-state index is 11.3. The van der Waals surface area contributed by atoms with Crippen molar-refractivity contribution in [1.82, 2.24) is 5.32 Å². The first kappa shape index (κ1) is 12.9. The third kappa shape index (κ3) is 4.23. The predicted octanol–water partition coefficient (Wildman–Crippen LogP) is -0.160. The summed E-state index contributed by atoms with van der Waals surface area (Å²) >= 11 is 0. The van der Waals surface area contributed by atoms with Crippen LogP contribution in [0.4, 0.5) is 0 Å². The highest BCUT2D eigenvalue weighted by Gasteiger charge is 2.25. The molecular weight excluding hydrogens is 186 g/mol. The number of hydrogen-bond donors (Lipinski definition) is 3. The molecule has 3 N–H and O–H groups in total. The molecule has 1 amide bonds. The second kappa shape index (κ2) is 5.59. The van der Waals surface area contributed by atoms with Gasteiger partial charge < -0.3 is 15.5 Å². The van der Waals surface area contributed by atoms with Crippen LogP contribution in [0.3, 0.4) is 0 Å². The number of amides is 1. The number of carboxylic acids is 1. The van der Waals surface area contributed by atoms with Crippen LogP contribution < -0.4 is 5.32 Å². The van der Waals surface area contributed by atoms with Gasteiger partial charge in [-0.05, 0) is 6.92 Å². The highest BCUT2D eigenvalue weighted by molar-refractivity contribution is 5.84. The van der Waals surface area contributed by atoms with Gasteiger partial charge in [-0.1, -0.05) is 13.8 Å². The number of aliphatic hydroxyl groups is 1. The van der Waals surface area contributed by atoms with Crippen LogP contribution in [0.5, 0.6) is 0 Å². The number of carbonyl (C=O) groups excluding carboxylic acids is 1. The zero-order valence-electron chi connectivity index (χ0n) is 8.65. The Kier molecular flexibility index (Phi) is 5.15. The van der Waals surface area contributed by atoms with Gasteiger partial charge in [0.25, 0.3) is 0 Å². The molecule has 0 aliphatic rings. The van der Waals surface area contributed by atoms with E-state index in [2.05, 4.69) is 5.32 Å². The number of carbonyl (C=O) groups is 2. The summed E-state index contributed by atoms with van der Waals surface area (Å²) in [6.45, 7) is 4.73. The monoisotopic (exact) mass is 203 g/mol. The van der Waals surface area contributed by atoms with Gasteiger partial charge in [0, 0.05) is 12.5 Å². The molecule has 5 heteroatoms. The van der Waals surface area contributed by atoms with E-state index in [1.165, 1.54) is 6.92 Å². The van der Waals surface area contributed by atoms with Gasteiger partial charge in [0.05, 0.1) is 12.0 Å². The van der Waals surface area contributed by atoms with Crippen LogP contribution >= 0.6 is 0 Å². The average molecular weight is 203 g/mol. The van der Waals surface area contributed by atoms with E-state index in [1.807, 2.05) is 0 Å². The lowest BCUT2D eigenvalue weighted by Crippen LogP contribution is -2.38. The first-order valence-electron chi connectivity index (χ1n) is 4.54. The molecule has 0 aromatic heterocycles. The highest BCUT2D eigenvalue weighted by Crippen LogP contribution is 2.10. The second-order valence-electron chi connectivity index (χ2n) is 3.51. The molecule has 0 saturated heterocycles. The van der Waals surface area contributed by atoms with Gasteiger partial charge in [0.15, 0.2) is 0 Å². The Morgan fingerprint density at radius 1 is 1.21 bits per heavy atom. The number of rotatable bonds is 5. The molecule has 0 saturated carbocycles. The third-order valence-corrected chi connectivity index (χ3v) is 2.12. The quantitative estimate of drug-likeness (QED) is 0.579. The van der Waals surface area contributed by atoms with Crippen molar-refractivity contribution < 1.29 is 19.8 Å². The van der Waals surface area contributed by atoms with E-state index in [4.69, 9.17) is 10.2 Å². The van der Waals surface area contributed by atoms with Gasteiger partial charge >= 0.3 is 5.97 Å². The highest BCUT2D eigenvalue weighted by atomic mass is 16.4. The minimum atomic E-state index is -0.996. The molecule has 14 heavy (non-hydrogen) atoms. The van der Waals surface area contributed by atoms with Crippen LogP contribution in [0, 0.1) is 11.8 Å². The molecule has 0 spiro atoms. The molecule has 0 aliphatic heterocycles. The Morgan fingerprint density at radius 2 is 1.71 bits per heavy atom. The minimum Gasteiger partial charge on any atom is -0.481 e. The SMILES string of the molecule is CC(C(=O)O)C(C)C(=O)NC[C@H](C)O. The van der Waals surface area contributed by atoms with Crippen molar-refractivity contribution in [3.05, 3.63) is 0 Å². The molecule has 5 nitrogen and oxygen atoms in total. The van der Waals surface area contributed by atoms with Gasteiger partial charge in [-0.2, -0.15) is 0 Å². The van der Waals surface area contributed by atoms with Crippen molar-refractivity contribution in [1.29, 1.82) is 0 Å². The minimum absolute atomic E-state index is 0.148. The molecule has 0 fully saturated rings. The van der Waals surface area contributed by atoms with E-state index < -0.39 is 23.9 Å². The number of nitrogens with one attached hydrogen (secondary N) is 1. The fourth-order valence-electron chi connectivity index (χ4n) is 0.850. The summed E-state index contributed by atoms with van der Waals surface area (Å²) in [5.74, 6) is -2.65. The zero-order chi connectivity index (χ0) is 11.3. The molecule has 82 valence electrons. The van der Waals surface area contributed by atoms with Gasteiger partial charge in [-0.25, -0.2) is 0 Å². The lowest BCUT2D eigenvalue weighted by Gasteiger charge is -2.16. The Morgan fingerprint density at radius 3 is 2.07 bits per heavy atom. The van der Waals surface area contributed by atoms with Crippen LogP contribution in [0.25, 0.3) is 0 Å². The van der Waals surface area contributed by atoms with Crippen LogP contribution in [0.15, 0.2) is 0 Å². The molecule has 0 radical (unpaired) electrons. The van der Waals surface area contributed by atoms with Crippen molar-refractivity contribution in [2.45, 2.75) is 26.9 Å². The Bertz CT molecular complexity index is 215. The Balaban J connectivity index is 4.05. The van der Waals surface area contributed by atoms with E-state index in [9.17, 15) is 9.59 Å². The van der Waals surface area contributed by atoms with Crippen molar-refractivity contribution >= 4 is 11.9 Å². The first-order valence-corrected chi connectivity index (χ1v) is 4.54. The standard InChI is InChI=1S/C9H17NO4/c1-5(11)4-10-8(12)6(2)7(3)9(13)14/h5-7,11H,4H2,1-3H3,(H,10,12)(H,13,14)/t5-,6?,7?/m0/s1. The molecule has 0 aromatic rings. The van der Waals surface area contributed by atoms with Crippen LogP contribution in [0.2, 0.25) is 0 Å². The Labute approximate surface area is 83.1 Å². The van der Waals surface area contributed by atoms with Crippen molar-refractivity contribution in [2.24, 2.45) is 11.8 Å². The first-order chi connectivity index (χ1) is 6.36. The average Bonchev–Trinajstić information content (AvgIpc) is 2.11. The van der Waals surface area contributed by atoms with E-state index in [0.29, 0.717) is 0 Å². The van der Waals surface area contributed by atoms with E-state index in [1.54, 1.807) is 13.8 Å². The predicted molar refractivity (Wildman–Crippen MR) is 50.7 cm³/mol. The molecule has 0 aromatic carbocycles. The van der Waals surface area contributed by atoms with Gasteiger partial charge in [0.2, 0.25) is 5.91 Å².